The number of hydrogen-bond acceptors (Lipinski definition) is 4. The van der Waals surface area contributed by atoms with E-state index in [0.717, 1.165) is 5.82 Å². The lowest BCUT2D eigenvalue weighted by atomic mass is 10.0. The van der Waals surface area contributed by atoms with Gasteiger partial charge in [-0.15, -0.1) is 0 Å². The summed E-state index contributed by atoms with van der Waals surface area (Å²) in [6.45, 7) is 0. The Balaban J connectivity index is 1.98. The van der Waals surface area contributed by atoms with Gasteiger partial charge in [0.1, 0.15) is 21.3 Å². The minimum Gasteiger partial charge on any atom is -0.290 e. The molecule has 0 aliphatic carbocycles. The molecule has 0 radical (unpaired) electrons. The second-order valence-electron chi connectivity index (χ2n) is 4.63. The van der Waals surface area contributed by atoms with E-state index in [0.29, 0.717) is 18.5 Å². The Kier molecular flexibility index (Phi) is 2.51. The number of aromatic amines is 1. The number of H-pyrrole nitrogens is 1. The molecule has 0 unspecified atom stereocenters. The van der Waals surface area contributed by atoms with Crippen molar-refractivity contribution in [2.45, 2.75) is 18.8 Å². The number of nitrogens with zero attached hydrogens (tertiary/aromatic N) is 2. The summed E-state index contributed by atoms with van der Waals surface area (Å²) >= 11 is 0. The van der Waals surface area contributed by atoms with E-state index in [2.05, 4.69) is 10.2 Å². The Hall–Kier alpha value is -1.63. The zero-order valence-corrected chi connectivity index (χ0v) is 10.5. The van der Waals surface area contributed by atoms with E-state index in [-0.39, 0.29) is 22.9 Å². The molecule has 0 saturated carbocycles. The third kappa shape index (κ3) is 1.94. The Bertz CT molecular complexity index is 730. The fraction of sp³-hybridized carbons (Fsp3) is 0.455. The lowest BCUT2D eigenvalue weighted by molar-refractivity contribution is 0.534. The maximum absolute atomic E-state index is 11.4. The second kappa shape index (κ2) is 3.94. The summed E-state index contributed by atoms with van der Waals surface area (Å²) in [6.07, 6.45) is 2.86. The summed E-state index contributed by atoms with van der Waals surface area (Å²) in [6, 6.07) is 2.96. The van der Waals surface area contributed by atoms with Crippen LogP contribution >= 0.6 is 0 Å². The molecule has 0 spiro atoms. The fourth-order valence-electron chi connectivity index (χ4n) is 2.37. The number of sulfone groups is 1. The second-order valence-corrected chi connectivity index (χ2v) is 6.93. The molecule has 0 amide bonds. The van der Waals surface area contributed by atoms with Crippen LogP contribution in [0, 0.1) is 0 Å². The van der Waals surface area contributed by atoms with Gasteiger partial charge in [-0.3, -0.25) is 14.3 Å². The molecule has 1 N–H and O–H groups in total. The van der Waals surface area contributed by atoms with Gasteiger partial charge in [-0.05, 0) is 12.8 Å². The summed E-state index contributed by atoms with van der Waals surface area (Å²) in [5.41, 5.74) is 0.572. The van der Waals surface area contributed by atoms with Crippen LogP contribution in [0.3, 0.4) is 0 Å². The molecule has 0 bridgehead atoms. The van der Waals surface area contributed by atoms with E-state index in [1.54, 1.807) is 6.20 Å². The number of rotatable bonds is 1. The molecule has 2 aromatic rings. The fourth-order valence-corrected chi connectivity index (χ4v) is 3.86. The van der Waals surface area contributed by atoms with Crippen LogP contribution in [0.2, 0.25) is 0 Å². The van der Waals surface area contributed by atoms with Gasteiger partial charge in [0.05, 0.1) is 11.5 Å². The number of aromatic nitrogens is 3. The molecule has 96 valence electrons. The number of hydrogen-bond donors (Lipinski definition) is 1. The number of nitrogens with one attached hydrogen (secondary N) is 1. The van der Waals surface area contributed by atoms with Gasteiger partial charge in [-0.2, -0.15) is 5.10 Å². The molecule has 2 aromatic heterocycles. The van der Waals surface area contributed by atoms with E-state index >= 15 is 0 Å². The first-order chi connectivity index (χ1) is 8.55. The first-order valence-corrected chi connectivity index (χ1v) is 7.64. The van der Waals surface area contributed by atoms with Crippen molar-refractivity contribution in [3.05, 3.63) is 34.4 Å². The molecule has 6 nitrogen and oxygen atoms in total. The third-order valence-corrected chi connectivity index (χ3v) is 5.09. The molecule has 3 rings (SSSR count). The highest BCUT2D eigenvalue weighted by Gasteiger charge is 2.27. The topological polar surface area (TPSA) is 84.3 Å². The maximum atomic E-state index is 11.4. The van der Waals surface area contributed by atoms with E-state index in [1.165, 1.54) is 12.1 Å². The highest BCUT2D eigenvalue weighted by Crippen LogP contribution is 2.27. The van der Waals surface area contributed by atoms with Gasteiger partial charge in [-0.1, -0.05) is 0 Å². The molecular weight excluding hydrogens is 254 g/mol. The summed E-state index contributed by atoms with van der Waals surface area (Å²) in [5, 5.41) is 7.02. The maximum Gasteiger partial charge on any atom is 0.183 e. The zero-order chi connectivity index (χ0) is 12.8. The highest BCUT2D eigenvalue weighted by molar-refractivity contribution is 7.91. The smallest absolute Gasteiger partial charge is 0.183 e. The van der Waals surface area contributed by atoms with Crippen LogP contribution in [-0.4, -0.2) is 34.5 Å². The molecule has 0 atom stereocenters. The predicted octanol–water partition coefficient (Wildman–Crippen LogP) is 0.315. The predicted molar refractivity (Wildman–Crippen MR) is 66.4 cm³/mol. The van der Waals surface area contributed by atoms with Crippen molar-refractivity contribution in [3.63, 3.8) is 0 Å². The average Bonchev–Trinajstić information content (AvgIpc) is 2.72. The van der Waals surface area contributed by atoms with E-state index in [1.807, 2.05) is 4.40 Å². The quantitative estimate of drug-likeness (QED) is 0.806. The van der Waals surface area contributed by atoms with Crippen molar-refractivity contribution >= 4 is 15.5 Å². The van der Waals surface area contributed by atoms with Crippen molar-refractivity contribution < 1.29 is 8.42 Å². The SMILES string of the molecule is O=c1ccn2c(C3CCS(=O)(=O)CC3)n[nH]c2c1. The van der Waals surface area contributed by atoms with E-state index in [9.17, 15) is 13.2 Å². The Morgan fingerprint density at radius 2 is 2.06 bits per heavy atom. The molecular formula is C11H13N3O3S. The van der Waals surface area contributed by atoms with Crippen molar-refractivity contribution in [2.24, 2.45) is 0 Å². The zero-order valence-electron chi connectivity index (χ0n) is 9.67. The van der Waals surface area contributed by atoms with Gasteiger partial charge in [0.15, 0.2) is 5.43 Å². The number of fused-ring (bicyclic) bond motifs is 1. The van der Waals surface area contributed by atoms with Gasteiger partial charge < -0.3 is 0 Å². The van der Waals surface area contributed by atoms with Crippen molar-refractivity contribution in [3.8, 4) is 0 Å². The van der Waals surface area contributed by atoms with Crippen molar-refractivity contribution in [2.75, 3.05) is 11.5 Å². The average molecular weight is 267 g/mol. The van der Waals surface area contributed by atoms with Gasteiger partial charge in [0.2, 0.25) is 0 Å². The summed E-state index contributed by atoms with van der Waals surface area (Å²) < 4.78 is 24.6. The summed E-state index contributed by atoms with van der Waals surface area (Å²) in [7, 11) is -2.86. The minimum atomic E-state index is -2.86. The lowest BCUT2D eigenvalue weighted by Crippen LogP contribution is -2.23. The van der Waals surface area contributed by atoms with Crippen LogP contribution in [0.5, 0.6) is 0 Å². The first-order valence-electron chi connectivity index (χ1n) is 5.82. The molecule has 3 heterocycles. The van der Waals surface area contributed by atoms with Crippen LogP contribution in [0.4, 0.5) is 0 Å². The third-order valence-electron chi connectivity index (χ3n) is 3.38. The van der Waals surface area contributed by atoms with Crippen LogP contribution in [-0.2, 0) is 9.84 Å². The van der Waals surface area contributed by atoms with Crippen molar-refractivity contribution in [1.29, 1.82) is 0 Å². The standard InChI is InChI=1S/C11H13N3O3S/c15-9-1-4-14-10(7-9)12-13-11(14)8-2-5-18(16,17)6-3-8/h1,4,7-8,12H,2-3,5-6H2. The molecule has 1 fully saturated rings. The molecule has 0 aromatic carbocycles. The van der Waals surface area contributed by atoms with Crippen LogP contribution in [0.25, 0.3) is 5.65 Å². The van der Waals surface area contributed by atoms with Gasteiger partial charge >= 0.3 is 0 Å². The molecule has 1 aliphatic rings. The normalized spacial score (nSPS) is 20.2. The molecule has 1 saturated heterocycles. The lowest BCUT2D eigenvalue weighted by Gasteiger charge is -2.20. The van der Waals surface area contributed by atoms with Crippen LogP contribution < -0.4 is 5.43 Å². The molecule has 7 heteroatoms. The van der Waals surface area contributed by atoms with Gasteiger partial charge in [0.25, 0.3) is 0 Å². The van der Waals surface area contributed by atoms with Crippen LogP contribution in [0.1, 0.15) is 24.6 Å². The first kappa shape index (κ1) is 11.5. The summed E-state index contributed by atoms with van der Waals surface area (Å²) in [4.78, 5) is 11.2. The Labute approximate surface area is 104 Å². The Morgan fingerprint density at radius 3 is 2.78 bits per heavy atom. The Morgan fingerprint density at radius 1 is 1.33 bits per heavy atom. The van der Waals surface area contributed by atoms with Crippen molar-refractivity contribution in [1.82, 2.24) is 14.6 Å². The highest BCUT2D eigenvalue weighted by atomic mass is 32.2. The van der Waals surface area contributed by atoms with E-state index in [4.69, 9.17) is 0 Å². The monoisotopic (exact) mass is 267 g/mol. The summed E-state index contributed by atoms with van der Waals surface area (Å²) in [5.74, 6) is 1.36. The van der Waals surface area contributed by atoms with E-state index < -0.39 is 9.84 Å². The van der Waals surface area contributed by atoms with Gasteiger partial charge in [0, 0.05) is 24.2 Å². The largest absolute Gasteiger partial charge is 0.290 e. The molecule has 18 heavy (non-hydrogen) atoms. The number of pyridine rings is 1. The van der Waals surface area contributed by atoms with Gasteiger partial charge in [-0.25, -0.2) is 8.42 Å². The van der Waals surface area contributed by atoms with Crippen LogP contribution in [0.15, 0.2) is 23.1 Å². The minimum absolute atomic E-state index is 0.0728. The molecule has 1 aliphatic heterocycles.